The Bertz CT molecular complexity index is 2880. The maximum absolute atomic E-state index is 11.8. The summed E-state index contributed by atoms with van der Waals surface area (Å²) < 4.78 is 2.26. The van der Waals surface area contributed by atoms with Crippen LogP contribution in [0.5, 0.6) is 5.75 Å². The first-order chi connectivity index (χ1) is 28.4. The molecule has 0 spiro atoms. The van der Waals surface area contributed by atoms with Gasteiger partial charge in [-0.2, -0.15) is 0 Å². The molecule has 6 aromatic carbocycles. The van der Waals surface area contributed by atoms with E-state index in [1.165, 1.54) is 16.7 Å². The predicted molar refractivity (Wildman–Crippen MR) is 252 cm³/mol. The minimum atomic E-state index is -0.148. The van der Waals surface area contributed by atoms with Gasteiger partial charge < -0.3 is 5.11 Å². The van der Waals surface area contributed by atoms with Crippen molar-refractivity contribution in [2.75, 3.05) is 0 Å². The molecule has 61 heavy (non-hydrogen) atoms. The number of fused-ring (bicyclic) bond motifs is 1. The minimum Gasteiger partial charge on any atom is -0.507 e. The van der Waals surface area contributed by atoms with Crippen LogP contribution in [-0.4, -0.2) is 19.6 Å². The summed E-state index contributed by atoms with van der Waals surface area (Å²) in [5.74, 6) is 0.913. The van der Waals surface area contributed by atoms with Gasteiger partial charge in [0.1, 0.15) is 11.6 Å². The molecular weight excluding hydrogens is 926 g/mol. The maximum atomic E-state index is 11.8. The molecule has 0 radical (unpaired) electrons. The molecule has 0 aliphatic rings. The number of pyridine rings is 1. The van der Waals surface area contributed by atoms with Crippen molar-refractivity contribution in [3.05, 3.63) is 167 Å². The van der Waals surface area contributed by atoms with Crippen LogP contribution in [0.15, 0.2) is 134 Å². The third-order valence-electron chi connectivity index (χ3n) is 11.7. The molecule has 0 unspecified atom stereocenters. The number of para-hydroxylation sites is 1. The van der Waals surface area contributed by atoms with Crippen LogP contribution < -0.4 is 0 Å². The monoisotopic (exact) mass is 981 g/mol. The normalized spacial score (nSPS) is 12.1. The quantitative estimate of drug-likeness (QED) is 0.169. The number of hydrogen-bond donors (Lipinski definition) is 1. The number of aromatic hydroxyl groups is 1. The second-order valence-electron chi connectivity index (χ2n) is 19.5. The number of imidazole rings is 1. The van der Waals surface area contributed by atoms with Gasteiger partial charge in [-0.1, -0.05) is 158 Å². The summed E-state index contributed by atoms with van der Waals surface area (Å²) in [6.07, 6.45) is 1.89. The zero-order chi connectivity index (χ0) is 42.7. The Morgan fingerprint density at radius 2 is 1.20 bits per heavy atom. The van der Waals surface area contributed by atoms with Gasteiger partial charge >= 0.3 is 0 Å². The summed E-state index contributed by atoms with van der Waals surface area (Å²) in [7, 11) is 0. The standard InChI is InChI=1S/C56H56N3O.Pt/c1-35-28-36(2)52(60)47(29-35)53-58-51-45(40-30-41(32-44(31-40)56(9,10)11)48-33-39(26-27-57-48)37-16-13-12-14-17-37)18-15-19-50(51)59(53)49-25-24-43(55(6,7)8)34-46(49)38-20-22-42(23-21-38)54(3,4)5;/h12-29,31-34,60H,1-11H3;/q-1;. The van der Waals surface area contributed by atoms with Crippen molar-refractivity contribution in [1.29, 1.82) is 0 Å². The van der Waals surface area contributed by atoms with Gasteiger partial charge in [-0.3, -0.25) is 9.55 Å². The van der Waals surface area contributed by atoms with E-state index in [4.69, 9.17) is 9.97 Å². The van der Waals surface area contributed by atoms with E-state index in [9.17, 15) is 5.11 Å². The maximum Gasteiger partial charge on any atom is 0.148 e. The van der Waals surface area contributed by atoms with Crippen LogP contribution in [0.3, 0.4) is 0 Å². The fourth-order valence-electron chi connectivity index (χ4n) is 8.12. The van der Waals surface area contributed by atoms with Crippen LogP contribution in [0.2, 0.25) is 0 Å². The van der Waals surface area contributed by atoms with Crippen LogP contribution in [-0.2, 0) is 37.3 Å². The Morgan fingerprint density at radius 3 is 1.87 bits per heavy atom. The molecular formula is C56H56N3OPt-. The zero-order valence-corrected chi connectivity index (χ0v) is 39.6. The van der Waals surface area contributed by atoms with E-state index in [0.717, 1.165) is 72.5 Å². The first-order valence-corrected chi connectivity index (χ1v) is 21.0. The third-order valence-corrected chi connectivity index (χ3v) is 11.7. The van der Waals surface area contributed by atoms with Crippen molar-refractivity contribution in [3.8, 4) is 67.5 Å². The van der Waals surface area contributed by atoms with Gasteiger partial charge in [0.15, 0.2) is 0 Å². The number of aromatic nitrogens is 3. The molecule has 5 heteroatoms. The SMILES string of the molecule is Cc1cc(C)c(O)c(-c2nc3c(-c4[c-]c(-c5cc(-c6ccccc6)ccn5)cc(C(C)(C)C)c4)cccc3n2-c2ccc(C(C)(C)C)cc2-c2ccc(C(C)(C)C)cc2)c1.[Pt]. The van der Waals surface area contributed by atoms with Crippen molar-refractivity contribution in [1.82, 2.24) is 14.5 Å². The van der Waals surface area contributed by atoms with Gasteiger partial charge in [-0.05, 0) is 99.4 Å². The minimum absolute atomic E-state index is 0. The van der Waals surface area contributed by atoms with Gasteiger partial charge in [0, 0.05) is 38.5 Å². The molecule has 0 amide bonds. The summed E-state index contributed by atoms with van der Waals surface area (Å²) in [5.41, 5.74) is 17.0. The Morgan fingerprint density at radius 1 is 0.541 bits per heavy atom. The smallest absolute Gasteiger partial charge is 0.148 e. The fourth-order valence-corrected chi connectivity index (χ4v) is 8.12. The summed E-state index contributed by atoms with van der Waals surface area (Å²) in [6, 6.07) is 49.3. The molecule has 312 valence electrons. The summed E-state index contributed by atoms with van der Waals surface area (Å²) in [6.45, 7) is 24.3. The third kappa shape index (κ3) is 8.66. The van der Waals surface area contributed by atoms with Crippen molar-refractivity contribution >= 4 is 11.0 Å². The van der Waals surface area contributed by atoms with Crippen LogP contribution in [0.4, 0.5) is 0 Å². The average molecular weight is 982 g/mol. The topological polar surface area (TPSA) is 50.9 Å². The largest absolute Gasteiger partial charge is 0.507 e. The first kappa shape index (κ1) is 43.5. The molecule has 8 aromatic rings. The number of aryl methyl sites for hydroxylation is 2. The molecule has 0 atom stereocenters. The Labute approximate surface area is 377 Å². The van der Waals surface area contributed by atoms with Crippen molar-refractivity contribution in [2.24, 2.45) is 0 Å². The van der Waals surface area contributed by atoms with Gasteiger partial charge in [0.25, 0.3) is 0 Å². The van der Waals surface area contributed by atoms with E-state index in [1.54, 1.807) is 0 Å². The summed E-state index contributed by atoms with van der Waals surface area (Å²) in [4.78, 5) is 10.4. The average Bonchev–Trinajstić information content (AvgIpc) is 3.60. The zero-order valence-electron chi connectivity index (χ0n) is 37.3. The molecule has 4 nitrogen and oxygen atoms in total. The van der Waals surface area contributed by atoms with Gasteiger partial charge in [-0.15, -0.1) is 29.3 Å². The summed E-state index contributed by atoms with van der Waals surface area (Å²) >= 11 is 0. The molecule has 0 saturated carbocycles. The van der Waals surface area contributed by atoms with E-state index in [0.29, 0.717) is 11.4 Å². The van der Waals surface area contributed by atoms with Crippen LogP contribution >= 0.6 is 0 Å². The molecule has 8 rings (SSSR count). The number of rotatable bonds is 6. The number of phenols is 1. The Kier molecular flexibility index (Phi) is 11.7. The number of nitrogens with zero attached hydrogens (tertiary/aromatic N) is 3. The predicted octanol–water partition coefficient (Wildman–Crippen LogP) is 14.8. The number of hydrogen-bond acceptors (Lipinski definition) is 3. The van der Waals surface area contributed by atoms with E-state index in [-0.39, 0.29) is 43.1 Å². The summed E-state index contributed by atoms with van der Waals surface area (Å²) in [5, 5.41) is 11.8. The number of phenolic OH excluding ortho intramolecular Hbond substituents is 1. The van der Waals surface area contributed by atoms with Crippen molar-refractivity contribution in [3.63, 3.8) is 0 Å². The van der Waals surface area contributed by atoms with Gasteiger partial charge in [-0.25, -0.2) is 4.98 Å². The van der Waals surface area contributed by atoms with Crippen LogP contribution in [0.25, 0.3) is 72.7 Å². The molecule has 0 bridgehead atoms. The second kappa shape index (κ2) is 16.4. The fraction of sp³-hybridized carbons (Fsp3) is 0.250. The molecule has 2 aromatic heterocycles. The molecule has 2 heterocycles. The van der Waals surface area contributed by atoms with E-state index < -0.39 is 0 Å². The van der Waals surface area contributed by atoms with E-state index >= 15 is 0 Å². The Balaban J connectivity index is 0.00000561. The van der Waals surface area contributed by atoms with E-state index in [1.807, 2.05) is 25.3 Å². The van der Waals surface area contributed by atoms with E-state index in [2.05, 4.69) is 195 Å². The molecule has 0 fully saturated rings. The van der Waals surface area contributed by atoms with Crippen LogP contribution in [0.1, 0.15) is 90.1 Å². The van der Waals surface area contributed by atoms with Crippen molar-refractivity contribution in [2.45, 2.75) is 92.4 Å². The number of benzene rings is 6. The van der Waals surface area contributed by atoms with Crippen molar-refractivity contribution < 1.29 is 26.2 Å². The molecule has 0 saturated heterocycles. The molecule has 0 aliphatic carbocycles. The first-order valence-electron chi connectivity index (χ1n) is 21.0. The van der Waals surface area contributed by atoms with Gasteiger partial charge in [0.2, 0.25) is 0 Å². The van der Waals surface area contributed by atoms with Gasteiger partial charge in [0.05, 0.1) is 22.3 Å². The second-order valence-corrected chi connectivity index (χ2v) is 19.5. The van der Waals surface area contributed by atoms with Crippen LogP contribution in [0, 0.1) is 19.9 Å². The molecule has 1 N–H and O–H groups in total. The Hall–Kier alpha value is -5.57. The molecule has 0 aliphatic heterocycles.